The fourth-order valence-electron chi connectivity index (χ4n) is 4.94. The highest BCUT2D eigenvalue weighted by atomic mass is 19.1. The summed E-state index contributed by atoms with van der Waals surface area (Å²) >= 11 is 0. The van der Waals surface area contributed by atoms with E-state index in [0.29, 0.717) is 6.61 Å². The van der Waals surface area contributed by atoms with Gasteiger partial charge in [-0.3, -0.25) is 0 Å². The Morgan fingerprint density at radius 2 is 1.57 bits per heavy atom. The minimum absolute atomic E-state index is 0.0937. The molecule has 0 aromatic heterocycles. The molecule has 0 bridgehead atoms. The molecule has 0 unspecified atom stereocenters. The fourth-order valence-corrected chi connectivity index (χ4v) is 4.94. The van der Waals surface area contributed by atoms with Crippen LogP contribution in [0.15, 0.2) is 42.5 Å². The van der Waals surface area contributed by atoms with Gasteiger partial charge in [-0.2, -0.15) is 0 Å². The Bertz CT molecular complexity index is 747. The molecule has 1 nitrogen and oxygen atoms in total. The summed E-state index contributed by atoms with van der Waals surface area (Å²) in [5, 5.41) is 0. The molecule has 1 fully saturated rings. The van der Waals surface area contributed by atoms with Crippen molar-refractivity contribution >= 4 is 0 Å². The van der Waals surface area contributed by atoms with Gasteiger partial charge in [-0.05, 0) is 61.6 Å². The molecule has 0 spiro atoms. The third kappa shape index (κ3) is 6.09. The van der Waals surface area contributed by atoms with E-state index in [1.165, 1.54) is 51.4 Å². The minimum atomic E-state index is -0.0937. The average molecular weight is 411 g/mol. The smallest absolute Gasteiger partial charge is 0.133 e. The van der Waals surface area contributed by atoms with Crippen LogP contribution in [0.5, 0.6) is 5.75 Å². The Kier molecular flexibility index (Phi) is 9.24. The van der Waals surface area contributed by atoms with E-state index < -0.39 is 0 Å². The SMILES string of the molecule is CCCCCCCC1CCC(c2c(F)ccc(-c3ccccc3)c2OCCC)CC1. The lowest BCUT2D eigenvalue weighted by molar-refractivity contribution is 0.280. The van der Waals surface area contributed by atoms with Crippen LogP contribution < -0.4 is 4.74 Å². The lowest BCUT2D eigenvalue weighted by atomic mass is 9.76. The van der Waals surface area contributed by atoms with Crippen molar-refractivity contribution in [3.8, 4) is 16.9 Å². The second-order valence-electron chi connectivity index (χ2n) is 8.97. The molecule has 0 radical (unpaired) electrons. The van der Waals surface area contributed by atoms with E-state index in [4.69, 9.17) is 4.74 Å². The van der Waals surface area contributed by atoms with Crippen molar-refractivity contribution in [3.63, 3.8) is 0 Å². The second-order valence-corrected chi connectivity index (χ2v) is 8.97. The third-order valence-corrected chi connectivity index (χ3v) is 6.65. The molecule has 0 atom stereocenters. The zero-order valence-corrected chi connectivity index (χ0v) is 19.0. The third-order valence-electron chi connectivity index (χ3n) is 6.65. The molecule has 0 aliphatic heterocycles. The molecule has 0 saturated heterocycles. The summed E-state index contributed by atoms with van der Waals surface area (Å²) in [6, 6.07) is 13.8. The van der Waals surface area contributed by atoms with Crippen LogP contribution >= 0.6 is 0 Å². The lowest BCUT2D eigenvalue weighted by Crippen LogP contribution is -2.16. The zero-order chi connectivity index (χ0) is 21.2. The standard InChI is InChI=1S/C28H39FO/c1-3-5-6-7-9-12-22-15-17-24(18-16-22)27-26(29)20-19-25(28(27)30-21-4-2)23-13-10-8-11-14-23/h8,10-11,13-14,19-20,22,24H,3-7,9,12,15-18,21H2,1-2H3. The van der Waals surface area contributed by atoms with Crippen molar-refractivity contribution < 1.29 is 9.13 Å². The highest BCUT2D eigenvalue weighted by molar-refractivity contribution is 5.72. The molecule has 30 heavy (non-hydrogen) atoms. The molecule has 1 aliphatic carbocycles. The molecule has 0 heterocycles. The Morgan fingerprint density at radius 1 is 0.833 bits per heavy atom. The molecule has 2 aromatic carbocycles. The monoisotopic (exact) mass is 410 g/mol. The van der Waals surface area contributed by atoms with Gasteiger partial charge in [0.1, 0.15) is 11.6 Å². The molecule has 2 aromatic rings. The van der Waals surface area contributed by atoms with Crippen molar-refractivity contribution in [2.45, 2.75) is 90.4 Å². The number of benzene rings is 2. The molecular formula is C28H39FO. The van der Waals surface area contributed by atoms with Gasteiger partial charge in [0.15, 0.2) is 0 Å². The van der Waals surface area contributed by atoms with E-state index in [1.54, 1.807) is 6.07 Å². The summed E-state index contributed by atoms with van der Waals surface area (Å²) < 4.78 is 21.3. The van der Waals surface area contributed by atoms with Gasteiger partial charge in [0.2, 0.25) is 0 Å². The molecular weight excluding hydrogens is 371 g/mol. The molecule has 2 heteroatoms. The summed E-state index contributed by atoms with van der Waals surface area (Å²) in [5.41, 5.74) is 2.95. The van der Waals surface area contributed by atoms with Crippen LogP contribution in [-0.2, 0) is 0 Å². The van der Waals surface area contributed by atoms with Gasteiger partial charge in [0.05, 0.1) is 6.61 Å². The summed E-state index contributed by atoms with van der Waals surface area (Å²) in [6.07, 6.45) is 13.7. The fraction of sp³-hybridized carbons (Fsp3) is 0.571. The van der Waals surface area contributed by atoms with Crippen LogP contribution in [0.1, 0.15) is 96.0 Å². The van der Waals surface area contributed by atoms with Crippen molar-refractivity contribution in [1.82, 2.24) is 0 Å². The van der Waals surface area contributed by atoms with E-state index in [2.05, 4.69) is 26.0 Å². The first-order valence-corrected chi connectivity index (χ1v) is 12.2. The van der Waals surface area contributed by atoms with Crippen LogP contribution in [0.25, 0.3) is 11.1 Å². The Balaban J connectivity index is 1.72. The first kappa shape index (κ1) is 22.8. The van der Waals surface area contributed by atoms with Crippen LogP contribution in [0.4, 0.5) is 4.39 Å². The van der Waals surface area contributed by atoms with Gasteiger partial charge in [0.25, 0.3) is 0 Å². The maximum atomic E-state index is 15.1. The quantitative estimate of drug-likeness (QED) is 0.336. The first-order chi connectivity index (χ1) is 14.7. The van der Waals surface area contributed by atoms with Gasteiger partial charge >= 0.3 is 0 Å². The van der Waals surface area contributed by atoms with Crippen LogP contribution in [-0.4, -0.2) is 6.61 Å². The van der Waals surface area contributed by atoms with Gasteiger partial charge in [-0.15, -0.1) is 0 Å². The van der Waals surface area contributed by atoms with E-state index >= 15 is 4.39 Å². The summed E-state index contributed by atoms with van der Waals surface area (Å²) in [4.78, 5) is 0. The highest BCUT2D eigenvalue weighted by Crippen LogP contribution is 2.45. The Morgan fingerprint density at radius 3 is 2.27 bits per heavy atom. The maximum absolute atomic E-state index is 15.1. The van der Waals surface area contributed by atoms with Gasteiger partial charge in [0, 0.05) is 11.1 Å². The number of ether oxygens (including phenoxy) is 1. The van der Waals surface area contributed by atoms with Crippen LogP contribution in [0, 0.1) is 11.7 Å². The molecule has 0 amide bonds. The summed E-state index contributed by atoms with van der Waals surface area (Å²) in [5.74, 6) is 1.79. The van der Waals surface area contributed by atoms with E-state index in [9.17, 15) is 0 Å². The maximum Gasteiger partial charge on any atom is 0.133 e. The van der Waals surface area contributed by atoms with Gasteiger partial charge in [-0.25, -0.2) is 4.39 Å². The van der Waals surface area contributed by atoms with E-state index in [0.717, 1.165) is 47.6 Å². The second kappa shape index (κ2) is 12.1. The average Bonchev–Trinajstić information content (AvgIpc) is 2.79. The lowest BCUT2D eigenvalue weighted by Gasteiger charge is -2.31. The largest absolute Gasteiger partial charge is 0.493 e. The predicted octanol–water partition coefficient (Wildman–Crippen LogP) is 8.92. The molecule has 0 N–H and O–H groups in total. The highest BCUT2D eigenvalue weighted by Gasteiger charge is 2.28. The van der Waals surface area contributed by atoms with Crippen LogP contribution in [0.3, 0.4) is 0 Å². The van der Waals surface area contributed by atoms with Crippen LogP contribution in [0.2, 0.25) is 0 Å². The molecule has 1 aliphatic rings. The Labute approximate surface area is 183 Å². The van der Waals surface area contributed by atoms with Gasteiger partial charge in [-0.1, -0.05) is 82.7 Å². The van der Waals surface area contributed by atoms with E-state index in [-0.39, 0.29) is 11.7 Å². The number of hydrogen-bond acceptors (Lipinski definition) is 1. The van der Waals surface area contributed by atoms with E-state index in [1.807, 2.05) is 24.3 Å². The van der Waals surface area contributed by atoms with Crippen molar-refractivity contribution in [2.24, 2.45) is 5.92 Å². The van der Waals surface area contributed by atoms with Crippen molar-refractivity contribution in [2.75, 3.05) is 6.61 Å². The number of rotatable bonds is 11. The summed E-state index contributed by atoms with van der Waals surface area (Å²) in [7, 11) is 0. The molecule has 3 rings (SSSR count). The van der Waals surface area contributed by atoms with Gasteiger partial charge < -0.3 is 4.74 Å². The summed E-state index contributed by atoms with van der Waals surface area (Å²) in [6.45, 7) is 5.00. The normalized spacial score (nSPS) is 19.0. The Hall–Kier alpha value is -1.83. The predicted molar refractivity (Wildman–Crippen MR) is 126 cm³/mol. The van der Waals surface area contributed by atoms with Crippen molar-refractivity contribution in [3.05, 3.63) is 53.8 Å². The zero-order valence-electron chi connectivity index (χ0n) is 19.0. The minimum Gasteiger partial charge on any atom is -0.493 e. The molecule has 164 valence electrons. The number of hydrogen-bond donors (Lipinski definition) is 0. The first-order valence-electron chi connectivity index (χ1n) is 12.2. The topological polar surface area (TPSA) is 9.23 Å². The number of halogens is 1. The molecule has 1 saturated carbocycles. The van der Waals surface area contributed by atoms with Crippen molar-refractivity contribution in [1.29, 1.82) is 0 Å². The number of unbranched alkanes of at least 4 members (excludes halogenated alkanes) is 4.